The maximum Gasteiger partial charge on any atom is 0.0263 e. The first-order valence-electron chi connectivity index (χ1n) is 9.28. The Balaban J connectivity index is 1.85. The highest BCUT2D eigenvalue weighted by molar-refractivity contribution is 6.05. The van der Waals surface area contributed by atoms with Crippen LogP contribution in [0.1, 0.15) is 47.3 Å². The summed E-state index contributed by atoms with van der Waals surface area (Å²) in [6.45, 7) is 0. The summed E-state index contributed by atoms with van der Waals surface area (Å²) in [5.41, 5.74) is 15.5. The molecule has 0 bridgehead atoms. The molecule has 0 amide bonds. The number of allylic oxidation sites excluding steroid dienone is 6. The van der Waals surface area contributed by atoms with Crippen LogP contribution >= 0.6 is 0 Å². The number of hydrogen-bond donors (Lipinski definition) is 0. The van der Waals surface area contributed by atoms with E-state index in [1.807, 2.05) is 0 Å². The molecule has 2 aromatic rings. The maximum absolute atomic E-state index is 2.52. The van der Waals surface area contributed by atoms with E-state index in [1.54, 1.807) is 39.2 Å². The molecule has 4 aliphatic carbocycles. The number of aryl methyl sites for hydroxylation is 1. The molecule has 0 spiro atoms. The van der Waals surface area contributed by atoms with E-state index in [0.29, 0.717) is 0 Å². The molecule has 4 aliphatic rings. The molecule has 1 aromatic heterocycles. The normalized spacial score (nSPS) is 19.6. The molecule has 0 N–H and O–H groups in total. The Labute approximate surface area is 143 Å². The van der Waals surface area contributed by atoms with Gasteiger partial charge in [-0.3, -0.25) is 0 Å². The molecule has 0 radical (unpaired) electrons. The smallest absolute Gasteiger partial charge is 0.0263 e. The van der Waals surface area contributed by atoms with Gasteiger partial charge in [0.2, 0.25) is 0 Å². The minimum absolute atomic E-state index is 1.17. The van der Waals surface area contributed by atoms with Crippen molar-refractivity contribution in [1.82, 2.24) is 4.57 Å². The first-order valence-corrected chi connectivity index (χ1v) is 9.28. The minimum Gasteiger partial charge on any atom is -0.350 e. The average Bonchev–Trinajstić information content (AvgIpc) is 2.86. The first-order chi connectivity index (χ1) is 11.8. The van der Waals surface area contributed by atoms with Crippen molar-refractivity contribution in [2.75, 3.05) is 0 Å². The monoisotopic (exact) mass is 311 g/mol. The average molecular weight is 311 g/mol. The first kappa shape index (κ1) is 13.1. The molecule has 0 saturated carbocycles. The number of nitrogens with zero attached hydrogens (tertiary/aromatic N) is 1. The highest BCUT2D eigenvalue weighted by Gasteiger charge is 2.35. The van der Waals surface area contributed by atoms with Crippen molar-refractivity contribution in [2.24, 2.45) is 7.05 Å². The Morgan fingerprint density at radius 2 is 1.79 bits per heavy atom. The van der Waals surface area contributed by atoms with E-state index in [0.717, 1.165) is 0 Å². The molecule has 1 heterocycles. The predicted molar refractivity (Wildman–Crippen MR) is 99.8 cm³/mol. The van der Waals surface area contributed by atoms with Crippen LogP contribution in [0, 0.1) is 0 Å². The van der Waals surface area contributed by atoms with Crippen LogP contribution < -0.4 is 0 Å². The summed E-state index contributed by atoms with van der Waals surface area (Å²) in [6, 6.07) is 7.01. The second-order valence-electron chi connectivity index (χ2n) is 7.53. The van der Waals surface area contributed by atoms with Gasteiger partial charge < -0.3 is 4.57 Å². The lowest BCUT2D eigenvalue weighted by atomic mass is 9.82. The summed E-state index contributed by atoms with van der Waals surface area (Å²) in [5, 5.41) is 0. The summed E-state index contributed by atoms with van der Waals surface area (Å²) in [6.07, 6.45) is 14.4. The van der Waals surface area contributed by atoms with E-state index in [4.69, 9.17) is 0 Å². The summed E-state index contributed by atoms with van der Waals surface area (Å²) in [5.74, 6) is 0. The van der Waals surface area contributed by atoms with Crippen molar-refractivity contribution < 1.29 is 0 Å². The minimum atomic E-state index is 1.17. The van der Waals surface area contributed by atoms with E-state index < -0.39 is 0 Å². The van der Waals surface area contributed by atoms with Crippen molar-refractivity contribution in [3.63, 3.8) is 0 Å². The van der Waals surface area contributed by atoms with Gasteiger partial charge >= 0.3 is 0 Å². The topological polar surface area (TPSA) is 4.93 Å². The Morgan fingerprint density at radius 1 is 0.875 bits per heavy atom. The fraction of sp³-hybridized carbons (Fsp3) is 0.304. The van der Waals surface area contributed by atoms with E-state index in [2.05, 4.69) is 48.0 Å². The molecular weight excluding hydrogens is 290 g/mol. The molecule has 6 rings (SSSR count). The van der Waals surface area contributed by atoms with Gasteiger partial charge in [-0.2, -0.15) is 0 Å². The van der Waals surface area contributed by atoms with Gasteiger partial charge in [0.1, 0.15) is 0 Å². The van der Waals surface area contributed by atoms with Crippen LogP contribution in [0.5, 0.6) is 0 Å². The molecule has 1 heteroatoms. The van der Waals surface area contributed by atoms with Gasteiger partial charge in [-0.1, -0.05) is 36.4 Å². The molecule has 118 valence electrons. The zero-order valence-corrected chi connectivity index (χ0v) is 14.2. The van der Waals surface area contributed by atoms with Crippen LogP contribution in [0.4, 0.5) is 0 Å². The molecule has 1 nitrogen and oxygen atoms in total. The largest absolute Gasteiger partial charge is 0.350 e. The Bertz CT molecular complexity index is 1010. The van der Waals surface area contributed by atoms with Gasteiger partial charge in [0.15, 0.2) is 0 Å². The van der Waals surface area contributed by atoms with Crippen LogP contribution in [0.3, 0.4) is 0 Å². The Hall–Kier alpha value is -2.28. The molecule has 24 heavy (non-hydrogen) atoms. The highest BCUT2D eigenvalue weighted by atomic mass is 15.0. The Morgan fingerprint density at radius 3 is 2.75 bits per heavy atom. The maximum atomic E-state index is 2.52. The third kappa shape index (κ3) is 1.42. The number of hydrogen-bond acceptors (Lipinski definition) is 0. The van der Waals surface area contributed by atoms with Crippen molar-refractivity contribution in [3.05, 3.63) is 70.1 Å². The highest BCUT2D eigenvalue weighted by Crippen LogP contribution is 2.53. The fourth-order valence-electron chi connectivity index (χ4n) is 5.44. The standard InChI is InChI=1S/C23H21N/c1-24-19-11-5-10-18-16-8-3-2-7-15(16)17-9-4-6-14-12-13-20(24)23(21(14)17)22(18)19/h3-4,6,8-10H,2,5,7,11-13H2,1H3. The number of benzene rings is 1. The van der Waals surface area contributed by atoms with E-state index in [9.17, 15) is 0 Å². The lowest BCUT2D eigenvalue weighted by Gasteiger charge is -2.23. The van der Waals surface area contributed by atoms with Crippen LogP contribution in [0.2, 0.25) is 0 Å². The molecule has 0 saturated heterocycles. The summed E-state index contributed by atoms with van der Waals surface area (Å²) in [4.78, 5) is 0. The zero-order valence-electron chi connectivity index (χ0n) is 14.2. The van der Waals surface area contributed by atoms with Crippen LogP contribution in [-0.2, 0) is 26.3 Å². The summed E-state index contributed by atoms with van der Waals surface area (Å²) < 4.78 is 2.52. The molecule has 1 aromatic carbocycles. The van der Waals surface area contributed by atoms with Crippen molar-refractivity contribution in [3.8, 4) is 11.1 Å². The lowest BCUT2D eigenvalue weighted by molar-refractivity contribution is 0.739. The van der Waals surface area contributed by atoms with Gasteiger partial charge in [0.05, 0.1) is 0 Å². The number of aromatic nitrogens is 1. The van der Waals surface area contributed by atoms with E-state index in [-0.39, 0.29) is 0 Å². The van der Waals surface area contributed by atoms with Crippen LogP contribution in [0.25, 0.3) is 22.3 Å². The van der Waals surface area contributed by atoms with Crippen molar-refractivity contribution >= 4 is 11.1 Å². The third-order valence-corrected chi connectivity index (χ3v) is 6.45. The van der Waals surface area contributed by atoms with E-state index in [1.165, 1.54) is 55.2 Å². The fourth-order valence-corrected chi connectivity index (χ4v) is 5.44. The van der Waals surface area contributed by atoms with Crippen molar-refractivity contribution in [1.29, 1.82) is 0 Å². The second kappa shape index (κ2) is 4.42. The van der Waals surface area contributed by atoms with Gasteiger partial charge in [-0.05, 0) is 71.9 Å². The summed E-state index contributed by atoms with van der Waals surface area (Å²) >= 11 is 0. The van der Waals surface area contributed by atoms with Gasteiger partial charge in [0, 0.05) is 29.6 Å². The second-order valence-corrected chi connectivity index (χ2v) is 7.53. The molecule has 0 unspecified atom stereocenters. The quantitative estimate of drug-likeness (QED) is 0.627. The summed E-state index contributed by atoms with van der Waals surface area (Å²) in [7, 11) is 2.29. The molecule has 0 aliphatic heterocycles. The van der Waals surface area contributed by atoms with Gasteiger partial charge in [0.25, 0.3) is 0 Å². The molecule has 0 fully saturated rings. The number of rotatable bonds is 0. The molecular formula is C23H21N. The lowest BCUT2D eigenvalue weighted by Crippen LogP contribution is -2.10. The SMILES string of the molecule is Cn1c2c3c4c1CCc1cccc(c1-4)C1=C(C=CCC1)C3=CCC2. The predicted octanol–water partition coefficient (Wildman–Crippen LogP) is 5.24. The van der Waals surface area contributed by atoms with Crippen LogP contribution in [0.15, 0.2) is 42.0 Å². The van der Waals surface area contributed by atoms with Gasteiger partial charge in [-0.15, -0.1) is 0 Å². The Kier molecular flexibility index (Phi) is 2.40. The third-order valence-electron chi connectivity index (χ3n) is 6.45. The molecule has 0 atom stereocenters. The van der Waals surface area contributed by atoms with Gasteiger partial charge in [-0.25, -0.2) is 0 Å². The van der Waals surface area contributed by atoms with Crippen LogP contribution in [-0.4, -0.2) is 4.57 Å². The zero-order chi connectivity index (χ0) is 15.8. The van der Waals surface area contributed by atoms with Crippen molar-refractivity contribution in [2.45, 2.75) is 38.5 Å². The van der Waals surface area contributed by atoms with E-state index >= 15 is 0 Å². The number of fused-ring (bicyclic) bond motifs is 2.